The fraction of sp³-hybridized carbons (Fsp3) is 0.167. The summed E-state index contributed by atoms with van der Waals surface area (Å²) in [5.74, 6) is 0.482. The number of hydrogen-bond acceptors (Lipinski definition) is 5. The molecule has 4 aromatic rings. The van der Waals surface area contributed by atoms with Crippen LogP contribution in [0.15, 0.2) is 63.9 Å². The van der Waals surface area contributed by atoms with Crippen LogP contribution in [0.2, 0.25) is 0 Å². The van der Waals surface area contributed by atoms with Crippen LogP contribution in [-0.2, 0) is 6.54 Å². The van der Waals surface area contributed by atoms with Crippen molar-refractivity contribution in [3.63, 3.8) is 0 Å². The van der Waals surface area contributed by atoms with Gasteiger partial charge in [0.05, 0.1) is 31.7 Å². The van der Waals surface area contributed by atoms with Gasteiger partial charge in [-0.2, -0.15) is 0 Å². The Hall–Kier alpha value is -4.07. The van der Waals surface area contributed by atoms with Crippen LogP contribution in [0.5, 0.6) is 11.5 Å². The van der Waals surface area contributed by atoms with Crippen molar-refractivity contribution in [1.29, 1.82) is 0 Å². The SMILES string of the molecule is COc1ccc(NC(=O)c2c(C)oc3ccn(Cc4ccc(F)cc4)c(=O)c23)cc1OC. The molecule has 0 atom stereocenters. The van der Waals surface area contributed by atoms with Gasteiger partial charge in [0.2, 0.25) is 0 Å². The zero-order valence-electron chi connectivity index (χ0n) is 17.8. The number of ether oxygens (including phenoxy) is 2. The molecule has 0 saturated carbocycles. The Kier molecular flexibility index (Phi) is 5.68. The molecule has 2 aromatic carbocycles. The fourth-order valence-electron chi connectivity index (χ4n) is 3.56. The largest absolute Gasteiger partial charge is 0.493 e. The van der Waals surface area contributed by atoms with Crippen LogP contribution < -0.4 is 20.3 Å². The van der Waals surface area contributed by atoms with E-state index in [-0.39, 0.29) is 28.9 Å². The molecule has 7 nitrogen and oxygen atoms in total. The summed E-state index contributed by atoms with van der Waals surface area (Å²) >= 11 is 0. The summed E-state index contributed by atoms with van der Waals surface area (Å²) in [6.45, 7) is 1.86. The number of anilines is 1. The topological polar surface area (TPSA) is 82.7 Å². The molecule has 0 spiro atoms. The third-order valence-corrected chi connectivity index (χ3v) is 5.13. The summed E-state index contributed by atoms with van der Waals surface area (Å²) in [5.41, 5.74) is 1.34. The van der Waals surface area contributed by atoms with Gasteiger partial charge in [-0.1, -0.05) is 12.1 Å². The van der Waals surface area contributed by atoms with Crippen molar-refractivity contribution in [2.75, 3.05) is 19.5 Å². The maximum Gasteiger partial charge on any atom is 0.262 e. The van der Waals surface area contributed by atoms with Crippen molar-refractivity contribution >= 4 is 22.6 Å². The standard InChI is InChI=1S/C24H21FN2O5/c1-14-21(23(28)26-17-8-9-18(30-2)20(12-17)31-3)22-19(32-14)10-11-27(24(22)29)13-15-4-6-16(25)7-5-15/h4-12H,13H2,1-3H3,(H,26,28). The maximum atomic E-state index is 13.2. The third kappa shape index (κ3) is 3.94. The average Bonchev–Trinajstić information content (AvgIpc) is 3.13. The van der Waals surface area contributed by atoms with Gasteiger partial charge in [0.15, 0.2) is 11.5 Å². The second-order valence-corrected chi connectivity index (χ2v) is 7.17. The van der Waals surface area contributed by atoms with Crippen LogP contribution in [0.4, 0.5) is 10.1 Å². The van der Waals surface area contributed by atoms with Crippen molar-refractivity contribution < 1.29 is 23.1 Å². The third-order valence-electron chi connectivity index (χ3n) is 5.13. The second-order valence-electron chi connectivity index (χ2n) is 7.17. The molecule has 0 radical (unpaired) electrons. The number of hydrogen-bond donors (Lipinski definition) is 1. The van der Waals surface area contributed by atoms with Gasteiger partial charge in [-0.25, -0.2) is 4.39 Å². The number of aryl methyl sites for hydroxylation is 1. The summed E-state index contributed by atoms with van der Waals surface area (Å²) in [5, 5.41) is 2.97. The molecule has 0 unspecified atom stereocenters. The average molecular weight is 436 g/mol. The zero-order chi connectivity index (χ0) is 22.8. The van der Waals surface area contributed by atoms with Crippen molar-refractivity contribution in [2.24, 2.45) is 0 Å². The van der Waals surface area contributed by atoms with Gasteiger partial charge in [0, 0.05) is 18.0 Å². The molecule has 164 valence electrons. The lowest BCUT2D eigenvalue weighted by atomic mass is 10.1. The maximum absolute atomic E-state index is 13.2. The molecule has 0 aliphatic rings. The van der Waals surface area contributed by atoms with Crippen molar-refractivity contribution in [2.45, 2.75) is 13.5 Å². The Labute approximate surface area is 183 Å². The quantitative estimate of drug-likeness (QED) is 0.486. The molecule has 0 aliphatic heterocycles. The first kappa shape index (κ1) is 21.2. The summed E-state index contributed by atoms with van der Waals surface area (Å²) in [7, 11) is 3.02. The van der Waals surface area contributed by atoms with Crippen LogP contribution in [0.25, 0.3) is 11.0 Å². The summed E-state index contributed by atoms with van der Waals surface area (Å²) in [6, 6.07) is 12.5. The van der Waals surface area contributed by atoms with E-state index in [1.807, 2.05) is 0 Å². The molecule has 8 heteroatoms. The van der Waals surface area contributed by atoms with Crippen molar-refractivity contribution in [1.82, 2.24) is 4.57 Å². The van der Waals surface area contributed by atoms with Gasteiger partial charge in [0.25, 0.3) is 11.5 Å². The van der Waals surface area contributed by atoms with Gasteiger partial charge >= 0.3 is 0 Å². The predicted molar refractivity (Wildman–Crippen MR) is 118 cm³/mol. The number of nitrogens with zero attached hydrogens (tertiary/aromatic N) is 1. The molecule has 0 aliphatic carbocycles. The van der Waals surface area contributed by atoms with E-state index in [1.54, 1.807) is 49.5 Å². The van der Waals surface area contributed by atoms with E-state index in [0.717, 1.165) is 5.56 Å². The van der Waals surface area contributed by atoms with E-state index in [9.17, 15) is 14.0 Å². The number of fused-ring (bicyclic) bond motifs is 1. The Balaban J connectivity index is 1.70. The first-order chi connectivity index (χ1) is 15.4. The highest BCUT2D eigenvalue weighted by Gasteiger charge is 2.22. The van der Waals surface area contributed by atoms with Crippen LogP contribution in [0.1, 0.15) is 21.7 Å². The first-order valence-corrected chi connectivity index (χ1v) is 9.81. The minimum absolute atomic E-state index is 0.160. The minimum Gasteiger partial charge on any atom is -0.493 e. The molecular weight excluding hydrogens is 415 g/mol. The summed E-state index contributed by atoms with van der Waals surface area (Å²) in [6.07, 6.45) is 1.59. The molecule has 2 aromatic heterocycles. The molecule has 4 rings (SSSR count). The predicted octanol–water partition coefficient (Wildman–Crippen LogP) is 4.36. The van der Waals surface area contributed by atoms with E-state index in [0.29, 0.717) is 28.5 Å². The highest BCUT2D eigenvalue weighted by Crippen LogP contribution is 2.30. The van der Waals surface area contributed by atoms with Crippen LogP contribution >= 0.6 is 0 Å². The van der Waals surface area contributed by atoms with Gasteiger partial charge < -0.3 is 23.8 Å². The van der Waals surface area contributed by atoms with Gasteiger partial charge in [0.1, 0.15) is 17.2 Å². The summed E-state index contributed by atoms with van der Waals surface area (Å²) < 4.78 is 30.8. The van der Waals surface area contributed by atoms with Crippen LogP contribution in [0.3, 0.4) is 0 Å². The Morgan fingerprint density at radius 1 is 1.06 bits per heavy atom. The zero-order valence-corrected chi connectivity index (χ0v) is 17.8. The Morgan fingerprint density at radius 2 is 1.78 bits per heavy atom. The number of benzene rings is 2. The van der Waals surface area contributed by atoms with E-state index in [1.165, 1.54) is 30.9 Å². The van der Waals surface area contributed by atoms with E-state index in [4.69, 9.17) is 13.9 Å². The number of nitrogens with one attached hydrogen (secondary N) is 1. The van der Waals surface area contributed by atoms with Crippen LogP contribution in [-0.4, -0.2) is 24.7 Å². The normalized spacial score (nSPS) is 10.9. The number of pyridine rings is 1. The lowest BCUT2D eigenvalue weighted by Crippen LogP contribution is -2.22. The Bertz CT molecular complexity index is 1360. The van der Waals surface area contributed by atoms with Gasteiger partial charge in [-0.15, -0.1) is 0 Å². The molecular formula is C24H21FN2O5. The number of halogens is 1. The van der Waals surface area contributed by atoms with Crippen molar-refractivity contribution in [3.05, 3.63) is 87.8 Å². The molecule has 0 bridgehead atoms. The van der Waals surface area contributed by atoms with Gasteiger partial charge in [-0.05, 0) is 42.8 Å². The lowest BCUT2D eigenvalue weighted by molar-refractivity contribution is 0.102. The number of furan rings is 1. The molecule has 0 fully saturated rings. The molecule has 2 heterocycles. The fourth-order valence-corrected chi connectivity index (χ4v) is 3.56. The van der Waals surface area contributed by atoms with Crippen LogP contribution in [0, 0.1) is 12.7 Å². The number of amides is 1. The Morgan fingerprint density at radius 3 is 2.47 bits per heavy atom. The summed E-state index contributed by atoms with van der Waals surface area (Å²) in [4.78, 5) is 26.3. The van der Waals surface area contributed by atoms with E-state index >= 15 is 0 Å². The van der Waals surface area contributed by atoms with E-state index < -0.39 is 5.91 Å². The van der Waals surface area contributed by atoms with E-state index in [2.05, 4.69) is 5.32 Å². The minimum atomic E-state index is -0.481. The smallest absolute Gasteiger partial charge is 0.262 e. The number of carbonyl (C=O) groups is 1. The van der Waals surface area contributed by atoms with Crippen molar-refractivity contribution in [3.8, 4) is 11.5 Å². The molecule has 32 heavy (non-hydrogen) atoms. The number of aromatic nitrogens is 1. The lowest BCUT2D eigenvalue weighted by Gasteiger charge is -2.10. The first-order valence-electron chi connectivity index (χ1n) is 9.81. The monoisotopic (exact) mass is 436 g/mol. The highest BCUT2D eigenvalue weighted by atomic mass is 19.1. The number of carbonyl (C=O) groups excluding carboxylic acids is 1. The molecule has 1 amide bonds. The number of rotatable bonds is 6. The molecule has 1 N–H and O–H groups in total. The second kappa shape index (κ2) is 8.58. The number of methoxy groups -OCH3 is 2. The highest BCUT2D eigenvalue weighted by molar-refractivity contribution is 6.13. The van der Waals surface area contributed by atoms with Gasteiger partial charge in [-0.3, -0.25) is 9.59 Å². The molecule has 0 saturated heterocycles.